The number of ether oxygens (including phenoxy) is 1. The molecule has 6 nitrogen and oxygen atoms in total. The summed E-state index contributed by atoms with van der Waals surface area (Å²) in [6.07, 6.45) is 2.13. The lowest BCUT2D eigenvalue weighted by atomic mass is 10.3. The van der Waals surface area contributed by atoms with E-state index >= 15 is 0 Å². The molecule has 0 radical (unpaired) electrons. The zero-order valence-corrected chi connectivity index (χ0v) is 11.4. The molecule has 1 rings (SSSR count). The van der Waals surface area contributed by atoms with Crippen molar-refractivity contribution in [2.24, 2.45) is 10.2 Å². The highest BCUT2D eigenvalue weighted by Crippen LogP contribution is 2.21. The average Bonchev–Trinajstić information content (AvgIpc) is 2.64. The zero-order valence-electron chi connectivity index (χ0n) is 10.4. The minimum Gasteiger partial charge on any atom is -0.502 e. The third-order valence-corrected chi connectivity index (χ3v) is 2.96. The number of hydrogen-bond donors (Lipinski definition) is 0. The van der Waals surface area contributed by atoms with Gasteiger partial charge in [-0.15, -0.1) is 0 Å². The highest BCUT2D eigenvalue weighted by atomic mass is 28.4. The second-order valence-electron chi connectivity index (χ2n) is 4.97. The van der Waals surface area contributed by atoms with Crippen LogP contribution >= 0.6 is 0 Å². The van der Waals surface area contributed by atoms with Crippen molar-refractivity contribution in [1.82, 2.24) is 0 Å². The van der Waals surface area contributed by atoms with E-state index in [4.69, 9.17) is 9.16 Å². The lowest BCUT2D eigenvalue weighted by Gasteiger charge is -2.13. The van der Waals surface area contributed by atoms with Crippen LogP contribution in [0.15, 0.2) is 10.2 Å². The molecule has 1 fully saturated rings. The Labute approximate surface area is 102 Å². The number of rotatable bonds is 2. The van der Waals surface area contributed by atoms with Gasteiger partial charge in [0.2, 0.25) is 8.32 Å². The van der Waals surface area contributed by atoms with Crippen LogP contribution in [0.4, 0.5) is 9.59 Å². The van der Waals surface area contributed by atoms with Crippen LogP contribution in [-0.2, 0) is 9.16 Å². The summed E-state index contributed by atoms with van der Waals surface area (Å²) in [6.45, 7) is 5.53. The summed E-state index contributed by atoms with van der Waals surface area (Å²) in [7, 11) is -1.98. The van der Waals surface area contributed by atoms with Gasteiger partial charge in [0.25, 0.3) is 0 Å². The van der Waals surface area contributed by atoms with Crippen molar-refractivity contribution < 1.29 is 18.8 Å². The van der Waals surface area contributed by atoms with E-state index < -0.39 is 20.5 Å². The Morgan fingerprint density at radius 3 is 2.12 bits per heavy atom. The molecule has 96 valence electrons. The fraction of sp³-hybridized carbons (Fsp3) is 0.800. The summed E-state index contributed by atoms with van der Waals surface area (Å²) in [5.74, 6) is 0. The lowest BCUT2D eigenvalue weighted by molar-refractivity contribution is 0.108. The molecule has 0 saturated heterocycles. The molecule has 0 unspecified atom stereocenters. The largest absolute Gasteiger partial charge is 0.502 e. The van der Waals surface area contributed by atoms with Gasteiger partial charge in [0, 0.05) is 0 Å². The van der Waals surface area contributed by atoms with Crippen molar-refractivity contribution in [3.8, 4) is 0 Å². The first-order chi connectivity index (χ1) is 7.87. The third kappa shape index (κ3) is 6.15. The molecule has 0 aromatic heterocycles. The Balaban J connectivity index is 2.31. The highest BCUT2D eigenvalue weighted by Gasteiger charge is 2.21. The normalized spacial score (nSPS) is 17.4. The van der Waals surface area contributed by atoms with Crippen molar-refractivity contribution in [3.05, 3.63) is 0 Å². The van der Waals surface area contributed by atoms with Crippen molar-refractivity contribution in [3.63, 3.8) is 0 Å². The van der Waals surface area contributed by atoms with Crippen LogP contribution in [-0.4, -0.2) is 26.6 Å². The van der Waals surface area contributed by atoms with E-state index in [1.165, 1.54) is 0 Å². The van der Waals surface area contributed by atoms with Gasteiger partial charge < -0.3 is 9.16 Å². The standard InChI is InChI=1S/C10H18N2O4Si/c1-17(2,3)16-10(14)12-11-9(13)15-8-6-4-5-7-8/h8H,4-7H2,1-3H3. The van der Waals surface area contributed by atoms with Gasteiger partial charge in [0.15, 0.2) is 0 Å². The maximum absolute atomic E-state index is 11.2. The fourth-order valence-corrected chi connectivity index (χ4v) is 2.10. The number of amides is 2. The maximum atomic E-state index is 11.2. The van der Waals surface area contributed by atoms with Crippen LogP contribution in [0, 0.1) is 0 Å². The van der Waals surface area contributed by atoms with Gasteiger partial charge in [0.05, 0.1) is 0 Å². The summed E-state index contributed by atoms with van der Waals surface area (Å²) in [4.78, 5) is 22.3. The van der Waals surface area contributed by atoms with E-state index in [-0.39, 0.29) is 6.10 Å². The van der Waals surface area contributed by atoms with Crippen LogP contribution in [0.3, 0.4) is 0 Å². The molecule has 0 spiro atoms. The molecular weight excluding hydrogens is 240 g/mol. The van der Waals surface area contributed by atoms with Crippen molar-refractivity contribution in [2.45, 2.75) is 51.4 Å². The van der Waals surface area contributed by atoms with Gasteiger partial charge in [-0.25, -0.2) is 9.59 Å². The van der Waals surface area contributed by atoms with Crippen LogP contribution in [0.2, 0.25) is 19.6 Å². The van der Waals surface area contributed by atoms with Crippen molar-refractivity contribution >= 4 is 20.5 Å². The number of carbonyl (C=O) groups excluding carboxylic acids is 2. The molecule has 1 aliphatic rings. The Bertz CT molecular complexity index is 319. The molecule has 0 aliphatic heterocycles. The summed E-state index contributed by atoms with van der Waals surface area (Å²) in [5.41, 5.74) is 0. The molecule has 17 heavy (non-hydrogen) atoms. The van der Waals surface area contributed by atoms with Gasteiger partial charge in [0.1, 0.15) is 6.10 Å². The first-order valence-electron chi connectivity index (χ1n) is 5.72. The minimum absolute atomic E-state index is 0.0746. The monoisotopic (exact) mass is 258 g/mol. The number of nitrogens with zero attached hydrogens (tertiary/aromatic N) is 2. The maximum Gasteiger partial charge on any atom is 0.452 e. The zero-order chi connectivity index (χ0) is 12.9. The average molecular weight is 258 g/mol. The predicted octanol–water partition coefficient (Wildman–Crippen LogP) is 3.49. The third-order valence-electron chi connectivity index (χ3n) is 2.18. The summed E-state index contributed by atoms with van der Waals surface area (Å²) < 4.78 is 9.99. The number of hydrogen-bond acceptors (Lipinski definition) is 4. The molecule has 0 bridgehead atoms. The van der Waals surface area contributed by atoms with Gasteiger partial charge in [-0.1, -0.05) is 10.2 Å². The second-order valence-corrected chi connectivity index (χ2v) is 9.40. The Morgan fingerprint density at radius 2 is 1.59 bits per heavy atom. The van der Waals surface area contributed by atoms with E-state index in [9.17, 15) is 9.59 Å². The smallest absolute Gasteiger partial charge is 0.452 e. The van der Waals surface area contributed by atoms with Gasteiger partial charge >= 0.3 is 12.2 Å². The number of azo groups is 1. The molecule has 1 aliphatic carbocycles. The Kier molecular flexibility index (Phi) is 4.80. The molecule has 1 saturated carbocycles. The van der Waals surface area contributed by atoms with Gasteiger partial charge in [-0.2, -0.15) is 0 Å². The molecular formula is C10H18N2O4Si. The molecule has 0 heterocycles. The SMILES string of the molecule is C[Si](C)(C)OC(=O)N=NC(=O)OC1CCCC1. The van der Waals surface area contributed by atoms with Crippen molar-refractivity contribution in [2.75, 3.05) is 0 Å². The molecule has 0 N–H and O–H groups in total. The Hall–Kier alpha value is -1.24. The second kappa shape index (κ2) is 5.90. The Morgan fingerprint density at radius 1 is 1.06 bits per heavy atom. The molecule has 0 aromatic carbocycles. The lowest BCUT2D eigenvalue weighted by Crippen LogP contribution is -2.27. The summed E-state index contributed by atoms with van der Waals surface area (Å²) in [5, 5.41) is 6.36. The van der Waals surface area contributed by atoms with Crippen LogP contribution in [0.1, 0.15) is 25.7 Å². The predicted molar refractivity (Wildman–Crippen MR) is 63.4 cm³/mol. The van der Waals surface area contributed by atoms with Gasteiger partial charge in [-0.3, -0.25) is 0 Å². The molecule has 0 atom stereocenters. The molecule has 7 heteroatoms. The summed E-state index contributed by atoms with van der Waals surface area (Å²) >= 11 is 0. The van der Waals surface area contributed by atoms with E-state index in [2.05, 4.69) is 10.2 Å². The van der Waals surface area contributed by atoms with E-state index in [0.717, 1.165) is 25.7 Å². The summed E-state index contributed by atoms with van der Waals surface area (Å²) in [6, 6.07) is 0. The molecule has 2 amide bonds. The molecule has 0 aromatic rings. The quantitative estimate of drug-likeness (QED) is 0.561. The fourth-order valence-electron chi connectivity index (χ4n) is 1.54. The first-order valence-corrected chi connectivity index (χ1v) is 9.13. The van der Waals surface area contributed by atoms with Gasteiger partial charge in [-0.05, 0) is 45.3 Å². The minimum atomic E-state index is -1.98. The first kappa shape index (κ1) is 13.8. The van der Waals surface area contributed by atoms with E-state index in [0.29, 0.717) is 0 Å². The van der Waals surface area contributed by atoms with E-state index in [1.807, 2.05) is 19.6 Å². The number of carbonyl (C=O) groups is 2. The van der Waals surface area contributed by atoms with Crippen LogP contribution in [0.25, 0.3) is 0 Å². The highest BCUT2D eigenvalue weighted by molar-refractivity contribution is 6.71. The van der Waals surface area contributed by atoms with Crippen molar-refractivity contribution in [1.29, 1.82) is 0 Å². The topological polar surface area (TPSA) is 77.3 Å². The van der Waals surface area contributed by atoms with Crippen LogP contribution in [0.5, 0.6) is 0 Å². The van der Waals surface area contributed by atoms with E-state index in [1.54, 1.807) is 0 Å². The van der Waals surface area contributed by atoms with Crippen LogP contribution < -0.4 is 0 Å².